The zero-order valence-electron chi connectivity index (χ0n) is 21.1. The molecule has 1 N–H and O–H groups in total. The fraction of sp³-hybridized carbons (Fsp3) is 0.655. The minimum atomic E-state index is 0.0189. The van der Waals surface area contributed by atoms with Gasteiger partial charge < -0.3 is 5.32 Å². The topological polar surface area (TPSA) is 12.0 Å². The number of unbranched alkanes of at least 4 members (excludes halogenated alkanes) is 1. The zero-order valence-corrected chi connectivity index (χ0v) is 21.1. The molecule has 1 rings (SSSR count). The largest absolute Gasteiger partial charge is 0.379 e. The van der Waals surface area contributed by atoms with Crippen molar-refractivity contribution in [2.75, 3.05) is 0 Å². The highest BCUT2D eigenvalue weighted by atomic mass is 15.0. The second kappa shape index (κ2) is 13.0. The van der Waals surface area contributed by atoms with Crippen LogP contribution >= 0.6 is 0 Å². The van der Waals surface area contributed by atoms with Crippen LogP contribution in [-0.2, 0) is 5.41 Å². The summed E-state index contributed by atoms with van der Waals surface area (Å²) >= 11 is 0. The predicted molar refractivity (Wildman–Crippen MR) is 136 cm³/mol. The van der Waals surface area contributed by atoms with E-state index in [0.717, 1.165) is 24.5 Å². The zero-order chi connectivity index (χ0) is 22.6. The number of hydrogen-bond acceptors (Lipinski definition) is 1. The summed E-state index contributed by atoms with van der Waals surface area (Å²) in [5.74, 6) is 0.829. The van der Waals surface area contributed by atoms with Crippen molar-refractivity contribution in [3.63, 3.8) is 0 Å². The van der Waals surface area contributed by atoms with Crippen molar-refractivity contribution < 1.29 is 0 Å². The molecule has 0 radical (unpaired) electrons. The van der Waals surface area contributed by atoms with Crippen molar-refractivity contribution in [1.29, 1.82) is 0 Å². The first-order valence-electron chi connectivity index (χ1n) is 12.5. The van der Waals surface area contributed by atoms with Crippen LogP contribution in [0.15, 0.2) is 54.3 Å². The van der Waals surface area contributed by atoms with Crippen molar-refractivity contribution in [3.05, 3.63) is 59.8 Å². The minimum Gasteiger partial charge on any atom is -0.379 e. The van der Waals surface area contributed by atoms with Crippen LogP contribution in [0.25, 0.3) is 0 Å². The van der Waals surface area contributed by atoms with Crippen LogP contribution in [-0.4, -0.2) is 5.54 Å². The van der Waals surface area contributed by atoms with Gasteiger partial charge in [0.05, 0.1) is 0 Å². The summed E-state index contributed by atoms with van der Waals surface area (Å²) in [6.07, 6.45) is 13.2. The molecule has 0 spiro atoms. The van der Waals surface area contributed by atoms with E-state index in [2.05, 4.69) is 96.8 Å². The van der Waals surface area contributed by atoms with Gasteiger partial charge in [-0.25, -0.2) is 0 Å². The molecule has 0 saturated carbocycles. The third-order valence-corrected chi connectivity index (χ3v) is 7.24. The highest BCUT2D eigenvalue weighted by Crippen LogP contribution is 2.47. The molecule has 1 nitrogen and oxygen atoms in total. The molecule has 0 heterocycles. The SMILES string of the molecule is C=C(C=C(C)C)NC(CCC)(CCCCC(C)CC)C(CC)(CC)c1ccccc1. The van der Waals surface area contributed by atoms with Gasteiger partial charge in [0.25, 0.3) is 0 Å². The number of hydrogen-bond donors (Lipinski definition) is 1. The molecule has 30 heavy (non-hydrogen) atoms. The van der Waals surface area contributed by atoms with E-state index in [1.807, 2.05) is 0 Å². The maximum atomic E-state index is 4.42. The Morgan fingerprint density at radius 2 is 1.63 bits per heavy atom. The van der Waals surface area contributed by atoms with Crippen molar-refractivity contribution in [2.45, 2.75) is 117 Å². The quantitative estimate of drug-likeness (QED) is 0.224. The van der Waals surface area contributed by atoms with Crippen molar-refractivity contribution >= 4 is 0 Å². The highest BCUT2D eigenvalue weighted by molar-refractivity contribution is 5.33. The van der Waals surface area contributed by atoms with E-state index < -0.39 is 0 Å². The van der Waals surface area contributed by atoms with E-state index in [1.165, 1.54) is 56.1 Å². The predicted octanol–water partition coefficient (Wildman–Crippen LogP) is 8.96. The van der Waals surface area contributed by atoms with Crippen LogP contribution in [0.1, 0.15) is 112 Å². The maximum Gasteiger partial charge on any atom is 0.0469 e. The fourth-order valence-corrected chi connectivity index (χ4v) is 5.46. The summed E-state index contributed by atoms with van der Waals surface area (Å²) in [5.41, 5.74) is 3.95. The standard InChI is InChI=1S/C29H49N/c1-9-21-29(30-26(8)23-24(5)6,22-17-16-18-25(7)10-2)28(11-3,12-4)27-19-14-13-15-20-27/h13-15,19-20,23,25,30H,8-12,16-18,21-22H2,1-7H3. The molecule has 1 heteroatoms. The first kappa shape index (κ1) is 26.5. The Bertz CT molecular complexity index is 634. The van der Waals surface area contributed by atoms with Gasteiger partial charge in [-0.1, -0.05) is 109 Å². The monoisotopic (exact) mass is 411 g/mol. The Kier molecular flexibility index (Phi) is 11.5. The number of allylic oxidation sites excluding steroid dienone is 2. The molecule has 0 aliphatic rings. The molecule has 0 aliphatic carbocycles. The molecule has 0 fully saturated rings. The number of nitrogens with one attached hydrogen (secondary N) is 1. The van der Waals surface area contributed by atoms with Gasteiger partial charge in [-0.3, -0.25) is 0 Å². The lowest BCUT2D eigenvalue weighted by atomic mass is 9.58. The molecule has 2 unspecified atom stereocenters. The summed E-state index contributed by atoms with van der Waals surface area (Å²) in [6.45, 7) is 20.5. The Morgan fingerprint density at radius 1 is 1.00 bits per heavy atom. The molecule has 0 aliphatic heterocycles. The lowest BCUT2D eigenvalue weighted by molar-refractivity contribution is 0.132. The number of rotatable bonds is 15. The average Bonchev–Trinajstić information content (AvgIpc) is 2.72. The molecule has 0 aromatic heterocycles. The summed E-state index contributed by atoms with van der Waals surface area (Å²) in [5, 5.41) is 4.04. The van der Waals surface area contributed by atoms with E-state index in [0.29, 0.717) is 0 Å². The molecule has 1 aromatic carbocycles. The van der Waals surface area contributed by atoms with Gasteiger partial charge in [0.2, 0.25) is 0 Å². The Morgan fingerprint density at radius 3 is 2.13 bits per heavy atom. The van der Waals surface area contributed by atoms with Crippen molar-refractivity contribution in [1.82, 2.24) is 5.32 Å². The van der Waals surface area contributed by atoms with E-state index in [9.17, 15) is 0 Å². The van der Waals surface area contributed by atoms with Crippen LogP contribution in [0.2, 0.25) is 0 Å². The molecule has 2 atom stereocenters. The minimum absolute atomic E-state index is 0.0189. The number of benzene rings is 1. The van der Waals surface area contributed by atoms with Crippen LogP contribution in [0.5, 0.6) is 0 Å². The second-order valence-electron chi connectivity index (χ2n) is 9.62. The Balaban J connectivity index is 3.41. The Hall–Kier alpha value is -1.50. The van der Waals surface area contributed by atoms with E-state index in [1.54, 1.807) is 0 Å². The summed E-state index contributed by atoms with van der Waals surface area (Å²) in [4.78, 5) is 0. The van der Waals surface area contributed by atoms with Gasteiger partial charge in [0, 0.05) is 16.7 Å². The summed E-state index contributed by atoms with van der Waals surface area (Å²) < 4.78 is 0. The third kappa shape index (κ3) is 6.76. The van der Waals surface area contributed by atoms with Crippen LogP contribution in [0, 0.1) is 5.92 Å². The molecule has 0 bridgehead atoms. The lowest BCUT2D eigenvalue weighted by Crippen LogP contribution is -2.60. The lowest BCUT2D eigenvalue weighted by Gasteiger charge is -2.53. The van der Waals surface area contributed by atoms with Crippen molar-refractivity contribution in [3.8, 4) is 0 Å². The molecule has 1 aromatic rings. The highest BCUT2D eigenvalue weighted by Gasteiger charge is 2.49. The Labute approximate surface area is 188 Å². The van der Waals surface area contributed by atoms with E-state index in [4.69, 9.17) is 0 Å². The van der Waals surface area contributed by atoms with Gasteiger partial charge in [0.1, 0.15) is 0 Å². The van der Waals surface area contributed by atoms with Gasteiger partial charge in [0.15, 0.2) is 0 Å². The first-order valence-corrected chi connectivity index (χ1v) is 12.5. The molecular weight excluding hydrogens is 362 g/mol. The normalized spacial score (nSPS) is 14.6. The van der Waals surface area contributed by atoms with Gasteiger partial charge in [-0.05, 0) is 57.1 Å². The van der Waals surface area contributed by atoms with Gasteiger partial charge >= 0.3 is 0 Å². The maximum absolute atomic E-state index is 4.42. The van der Waals surface area contributed by atoms with E-state index in [-0.39, 0.29) is 11.0 Å². The fourth-order valence-electron chi connectivity index (χ4n) is 5.46. The molecule has 0 saturated heterocycles. The third-order valence-electron chi connectivity index (χ3n) is 7.24. The molecule has 0 amide bonds. The van der Waals surface area contributed by atoms with E-state index >= 15 is 0 Å². The smallest absolute Gasteiger partial charge is 0.0469 e. The molecular formula is C29H49N. The van der Waals surface area contributed by atoms with Gasteiger partial charge in [-0.2, -0.15) is 0 Å². The van der Waals surface area contributed by atoms with Crippen LogP contribution < -0.4 is 5.32 Å². The summed E-state index contributed by atoms with van der Waals surface area (Å²) in [6, 6.07) is 11.3. The second-order valence-corrected chi connectivity index (χ2v) is 9.62. The molecule has 170 valence electrons. The average molecular weight is 412 g/mol. The van der Waals surface area contributed by atoms with Crippen LogP contribution in [0.3, 0.4) is 0 Å². The first-order chi connectivity index (χ1) is 14.3. The van der Waals surface area contributed by atoms with Crippen LogP contribution in [0.4, 0.5) is 0 Å². The van der Waals surface area contributed by atoms with Crippen molar-refractivity contribution in [2.24, 2.45) is 5.92 Å². The van der Waals surface area contributed by atoms with Gasteiger partial charge in [-0.15, -0.1) is 0 Å². The summed E-state index contributed by atoms with van der Waals surface area (Å²) in [7, 11) is 0.